The Morgan fingerprint density at radius 2 is 2.14 bits per heavy atom. The molecule has 2 rings (SSSR count). The van der Waals surface area contributed by atoms with Gasteiger partial charge in [0.2, 0.25) is 0 Å². The van der Waals surface area contributed by atoms with Crippen LogP contribution in [0, 0.1) is 0 Å². The predicted molar refractivity (Wildman–Crippen MR) is 54.6 cm³/mol. The van der Waals surface area contributed by atoms with Crippen molar-refractivity contribution in [2.24, 2.45) is 0 Å². The molecule has 2 aromatic rings. The lowest BCUT2D eigenvalue weighted by Gasteiger charge is -2.07. The van der Waals surface area contributed by atoms with Crippen molar-refractivity contribution < 1.29 is 5.11 Å². The number of hydrogen-bond donors (Lipinski definition) is 2. The van der Waals surface area contributed by atoms with Crippen LogP contribution in [0.15, 0.2) is 23.0 Å². The van der Waals surface area contributed by atoms with Gasteiger partial charge in [-0.3, -0.25) is 14.6 Å². The summed E-state index contributed by atoms with van der Waals surface area (Å²) in [7, 11) is 0. The van der Waals surface area contributed by atoms with Gasteiger partial charge in [0.1, 0.15) is 11.1 Å². The Balaban J connectivity index is 2.91. The minimum Gasteiger partial charge on any atom is -0.507 e. The fourth-order valence-electron chi connectivity index (χ4n) is 1.59. The van der Waals surface area contributed by atoms with E-state index in [1.807, 2.05) is 19.9 Å². The summed E-state index contributed by atoms with van der Waals surface area (Å²) in [5.41, 5.74) is 0.497. The second-order valence-electron chi connectivity index (χ2n) is 3.58. The summed E-state index contributed by atoms with van der Waals surface area (Å²) in [5.74, 6) is 0.0307. The van der Waals surface area contributed by atoms with E-state index < -0.39 is 0 Å². The van der Waals surface area contributed by atoms with Crippen molar-refractivity contribution in [3.63, 3.8) is 0 Å². The van der Waals surface area contributed by atoms with E-state index in [0.717, 1.165) is 5.52 Å². The quantitative estimate of drug-likeness (QED) is 0.721. The van der Waals surface area contributed by atoms with E-state index in [2.05, 4.69) is 5.10 Å². The van der Waals surface area contributed by atoms with Crippen molar-refractivity contribution in [1.29, 1.82) is 0 Å². The zero-order chi connectivity index (χ0) is 10.3. The monoisotopic (exact) mass is 192 g/mol. The molecule has 4 heteroatoms. The van der Waals surface area contributed by atoms with Gasteiger partial charge in [-0.15, -0.1) is 0 Å². The van der Waals surface area contributed by atoms with Crippen molar-refractivity contribution in [3.8, 4) is 5.75 Å². The van der Waals surface area contributed by atoms with Crippen LogP contribution in [0.1, 0.15) is 19.9 Å². The third kappa shape index (κ3) is 1.11. The fraction of sp³-hybridized carbons (Fsp3) is 0.300. The van der Waals surface area contributed by atoms with Crippen molar-refractivity contribution in [1.82, 2.24) is 9.78 Å². The number of nitrogens with one attached hydrogen (secondary N) is 1. The zero-order valence-corrected chi connectivity index (χ0v) is 8.11. The minimum atomic E-state index is -0.244. The summed E-state index contributed by atoms with van der Waals surface area (Å²) in [6, 6.07) is 5.22. The van der Waals surface area contributed by atoms with Crippen LogP contribution in [0.4, 0.5) is 0 Å². The number of aromatic amines is 1. The number of benzene rings is 1. The average Bonchev–Trinajstić information content (AvgIpc) is 2.45. The maximum absolute atomic E-state index is 11.5. The standard InChI is InChI=1S/C10H12N2O2/c1-6(2)12-7-4-3-5-8(13)9(7)10(14)11-12/h3-6,13H,1-2H3,(H,11,14). The number of hydrogen-bond acceptors (Lipinski definition) is 2. The van der Waals surface area contributed by atoms with E-state index in [0.29, 0.717) is 5.39 Å². The summed E-state index contributed by atoms with van der Waals surface area (Å²) in [6.07, 6.45) is 0. The molecule has 0 amide bonds. The molecule has 0 unspecified atom stereocenters. The van der Waals surface area contributed by atoms with Crippen molar-refractivity contribution in [2.45, 2.75) is 19.9 Å². The highest BCUT2D eigenvalue weighted by molar-refractivity contribution is 5.84. The van der Waals surface area contributed by atoms with Crippen LogP contribution in [0.3, 0.4) is 0 Å². The second kappa shape index (κ2) is 2.90. The van der Waals surface area contributed by atoms with Crippen molar-refractivity contribution in [3.05, 3.63) is 28.6 Å². The lowest BCUT2D eigenvalue weighted by atomic mass is 10.2. The highest BCUT2D eigenvalue weighted by atomic mass is 16.3. The maximum Gasteiger partial charge on any atom is 0.275 e. The predicted octanol–water partition coefficient (Wildman–Crippen LogP) is 1.62. The summed E-state index contributed by atoms with van der Waals surface area (Å²) >= 11 is 0. The molecule has 0 atom stereocenters. The number of aromatic hydroxyl groups is 1. The van der Waals surface area contributed by atoms with E-state index in [4.69, 9.17) is 0 Å². The minimum absolute atomic E-state index is 0.0307. The molecule has 0 radical (unpaired) electrons. The first kappa shape index (κ1) is 8.87. The summed E-state index contributed by atoms with van der Waals surface area (Å²) in [5, 5.41) is 12.6. The van der Waals surface area contributed by atoms with E-state index in [1.54, 1.807) is 10.7 Å². The SMILES string of the molecule is CC(C)n1[nH]c(=O)c2c(O)cccc21. The fourth-order valence-corrected chi connectivity index (χ4v) is 1.59. The Bertz CT molecular complexity index is 522. The molecule has 0 aliphatic heterocycles. The first-order valence-electron chi connectivity index (χ1n) is 4.53. The van der Waals surface area contributed by atoms with Crippen LogP contribution in [0.5, 0.6) is 5.75 Å². The largest absolute Gasteiger partial charge is 0.507 e. The van der Waals surface area contributed by atoms with Gasteiger partial charge in [-0.05, 0) is 26.0 Å². The second-order valence-corrected chi connectivity index (χ2v) is 3.58. The smallest absolute Gasteiger partial charge is 0.275 e. The van der Waals surface area contributed by atoms with Gasteiger partial charge in [-0.2, -0.15) is 0 Å². The van der Waals surface area contributed by atoms with Gasteiger partial charge in [-0.1, -0.05) is 6.07 Å². The molecule has 1 heterocycles. The Kier molecular flexibility index (Phi) is 1.84. The average molecular weight is 192 g/mol. The molecule has 0 aliphatic rings. The molecule has 0 saturated carbocycles. The van der Waals surface area contributed by atoms with Gasteiger partial charge in [0, 0.05) is 6.04 Å². The summed E-state index contributed by atoms with van der Waals surface area (Å²) in [6.45, 7) is 3.94. The molecule has 0 bridgehead atoms. The number of rotatable bonds is 1. The third-order valence-corrected chi connectivity index (χ3v) is 2.25. The lowest BCUT2D eigenvalue weighted by Crippen LogP contribution is -2.07. The van der Waals surface area contributed by atoms with Crippen LogP contribution in [-0.2, 0) is 0 Å². The molecule has 14 heavy (non-hydrogen) atoms. The van der Waals surface area contributed by atoms with E-state index >= 15 is 0 Å². The van der Waals surface area contributed by atoms with Crippen LogP contribution in [-0.4, -0.2) is 14.9 Å². The number of phenolic OH excluding ortho intramolecular Hbond substituents is 1. The normalized spacial score (nSPS) is 11.4. The number of fused-ring (bicyclic) bond motifs is 1. The molecule has 0 aliphatic carbocycles. The van der Waals surface area contributed by atoms with Gasteiger partial charge in [0.05, 0.1) is 5.52 Å². The molecule has 4 nitrogen and oxygen atoms in total. The van der Waals surface area contributed by atoms with Crippen molar-refractivity contribution >= 4 is 10.9 Å². The highest BCUT2D eigenvalue weighted by Crippen LogP contribution is 2.22. The maximum atomic E-state index is 11.5. The Hall–Kier alpha value is -1.71. The van der Waals surface area contributed by atoms with E-state index in [-0.39, 0.29) is 17.4 Å². The molecule has 0 fully saturated rings. The first-order valence-corrected chi connectivity index (χ1v) is 4.53. The zero-order valence-electron chi connectivity index (χ0n) is 8.11. The van der Waals surface area contributed by atoms with E-state index in [1.165, 1.54) is 6.07 Å². The Morgan fingerprint density at radius 1 is 1.43 bits per heavy atom. The highest BCUT2D eigenvalue weighted by Gasteiger charge is 2.11. The van der Waals surface area contributed by atoms with Crippen molar-refractivity contribution in [2.75, 3.05) is 0 Å². The summed E-state index contributed by atoms with van der Waals surface area (Å²) in [4.78, 5) is 11.5. The molecule has 74 valence electrons. The topological polar surface area (TPSA) is 58.0 Å². The third-order valence-electron chi connectivity index (χ3n) is 2.25. The van der Waals surface area contributed by atoms with Gasteiger partial charge in [-0.25, -0.2) is 0 Å². The molecular weight excluding hydrogens is 180 g/mol. The first-order chi connectivity index (χ1) is 6.61. The van der Waals surface area contributed by atoms with Gasteiger partial charge in [0.15, 0.2) is 0 Å². The van der Waals surface area contributed by atoms with Crippen LogP contribution < -0.4 is 5.56 Å². The number of phenols is 1. The molecule has 2 N–H and O–H groups in total. The lowest BCUT2D eigenvalue weighted by molar-refractivity contribution is 0.481. The van der Waals surface area contributed by atoms with Crippen LogP contribution in [0.25, 0.3) is 10.9 Å². The van der Waals surface area contributed by atoms with Crippen LogP contribution >= 0.6 is 0 Å². The number of nitrogens with zero attached hydrogens (tertiary/aromatic N) is 1. The summed E-state index contributed by atoms with van der Waals surface area (Å²) < 4.78 is 1.75. The van der Waals surface area contributed by atoms with E-state index in [9.17, 15) is 9.90 Å². The number of H-pyrrole nitrogens is 1. The number of aromatic nitrogens is 2. The molecule has 0 spiro atoms. The van der Waals surface area contributed by atoms with Gasteiger partial charge >= 0.3 is 0 Å². The van der Waals surface area contributed by atoms with Gasteiger partial charge in [0.25, 0.3) is 5.56 Å². The molecule has 0 saturated heterocycles. The van der Waals surface area contributed by atoms with Crippen LogP contribution in [0.2, 0.25) is 0 Å². The van der Waals surface area contributed by atoms with Gasteiger partial charge < -0.3 is 5.11 Å². The Morgan fingerprint density at radius 3 is 2.79 bits per heavy atom. The Labute approximate surface area is 80.8 Å². The molecule has 1 aromatic heterocycles. The molecule has 1 aromatic carbocycles. The molecular formula is C10H12N2O2.